The van der Waals surface area contributed by atoms with Crippen molar-refractivity contribution >= 4 is 0 Å². The molecule has 0 aliphatic heterocycles. The van der Waals surface area contributed by atoms with Gasteiger partial charge in [-0.1, -0.05) is 62.4 Å². The number of aliphatic hydroxyl groups is 1. The van der Waals surface area contributed by atoms with Gasteiger partial charge in [0.05, 0.1) is 6.54 Å². The van der Waals surface area contributed by atoms with Crippen LogP contribution in [-0.2, 0) is 0 Å². The number of benzene rings is 1. The first-order chi connectivity index (χ1) is 9.27. The first-order valence-electron chi connectivity index (χ1n) is 7.83. The Morgan fingerprint density at radius 1 is 1.15 bits per heavy atom. The standard InChI is InChI=1S/C17H27NO.ClH/c1-14(17(19)16-10-6-3-7-11-16)18-13-12-15-8-4-2-5-9-15;/h3,6-7,10-11,14-15,17-19H,2,4-5,8-9,12-13H2,1H3;1H. The van der Waals surface area contributed by atoms with Gasteiger partial charge in [0.25, 0.3) is 0 Å². The van der Waals surface area contributed by atoms with Gasteiger partial charge < -0.3 is 22.8 Å². The molecular formula is C17H28ClNO. The molecule has 2 rings (SSSR count). The van der Waals surface area contributed by atoms with Crippen molar-refractivity contribution in [2.75, 3.05) is 6.54 Å². The minimum atomic E-state index is -0.354. The van der Waals surface area contributed by atoms with Crippen molar-refractivity contribution in [1.29, 1.82) is 0 Å². The van der Waals surface area contributed by atoms with E-state index < -0.39 is 0 Å². The van der Waals surface area contributed by atoms with Crippen molar-refractivity contribution in [3.8, 4) is 0 Å². The fourth-order valence-electron chi connectivity index (χ4n) is 3.15. The third-order valence-corrected chi connectivity index (χ3v) is 4.48. The predicted octanol–water partition coefficient (Wildman–Crippen LogP) is -0.354. The van der Waals surface area contributed by atoms with Gasteiger partial charge in [-0.25, -0.2) is 0 Å². The van der Waals surface area contributed by atoms with Crippen molar-refractivity contribution in [1.82, 2.24) is 0 Å². The smallest absolute Gasteiger partial charge is 0.130 e. The molecule has 1 aliphatic rings. The van der Waals surface area contributed by atoms with Crippen LogP contribution in [0.3, 0.4) is 0 Å². The maximum atomic E-state index is 10.3. The summed E-state index contributed by atoms with van der Waals surface area (Å²) < 4.78 is 0. The number of quaternary nitrogens is 1. The Hall–Kier alpha value is -0.570. The Kier molecular flexibility index (Phi) is 8.20. The molecule has 0 bridgehead atoms. The van der Waals surface area contributed by atoms with Crippen LogP contribution in [0, 0.1) is 5.92 Å². The number of halogens is 1. The highest BCUT2D eigenvalue weighted by atomic mass is 35.5. The Morgan fingerprint density at radius 3 is 2.45 bits per heavy atom. The zero-order valence-corrected chi connectivity index (χ0v) is 13.2. The lowest BCUT2D eigenvalue weighted by molar-refractivity contribution is -0.695. The summed E-state index contributed by atoms with van der Waals surface area (Å²) in [5.74, 6) is 0.936. The quantitative estimate of drug-likeness (QED) is 0.740. The van der Waals surface area contributed by atoms with Gasteiger partial charge in [-0.05, 0) is 24.8 Å². The molecule has 1 aromatic rings. The molecule has 1 aromatic carbocycles. The summed E-state index contributed by atoms with van der Waals surface area (Å²) in [7, 11) is 0. The summed E-state index contributed by atoms with van der Waals surface area (Å²) in [6.45, 7) is 3.27. The second kappa shape index (κ2) is 9.38. The fraction of sp³-hybridized carbons (Fsp3) is 0.647. The summed E-state index contributed by atoms with van der Waals surface area (Å²) in [5.41, 5.74) is 1.03. The van der Waals surface area contributed by atoms with E-state index in [4.69, 9.17) is 0 Å². The average Bonchev–Trinajstić information content (AvgIpc) is 2.48. The van der Waals surface area contributed by atoms with Crippen LogP contribution < -0.4 is 17.7 Å². The molecule has 1 aliphatic carbocycles. The summed E-state index contributed by atoms with van der Waals surface area (Å²) in [6, 6.07) is 10.2. The summed E-state index contributed by atoms with van der Waals surface area (Å²) in [4.78, 5) is 0. The molecule has 1 saturated carbocycles. The van der Waals surface area contributed by atoms with E-state index in [2.05, 4.69) is 12.2 Å². The van der Waals surface area contributed by atoms with Crippen LogP contribution in [0.4, 0.5) is 0 Å². The molecule has 0 spiro atoms. The van der Waals surface area contributed by atoms with E-state index >= 15 is 0 Å². The third kappa shape index (κ3) is 5.43. The Bertz CT molecular complexity index is 351. The first-order valence-corrected chi connectivity index (χ1v) is 7.83. The molecule has 2 atom stereocenters. The van der Waals surface area contributed by atoms with Crippen molar-refractivity contribution in [2.45, 2.75) is 57.6 Å². The maximum Gasteiger partial charge on any atom is 0.130 e. The van der Waals surface area contributed by atoms with Gasteiger partial charge in [0.15, 0.2) is 0 Å². The molecule has 114 valence electrons. The number of hydrogen-bond acceptors (Lipinski definition) is 1. The van der Waals surface area contributed by atoms with E-state index in [0.29, 0.717) is 0 Å². The van der Waals surface area contributed by atoms with E-state index in [-0.39, 0.29) is 24.6 Å². The van der Waals surface area contributed by atoms with Gasteiger partial charge in [-0.2, -0.15) is 0 Å². The van der Waals surface area contributed by atoms with Gasteiger partial charge in [-0.15, -0.1) is 0 Å². The lowest BCUT2D eigenvalue weighted by atomic mass is 9.87. The average molecular weight is 298 g/mol. The van der Waals surface area contributed by atoms with E-state index in [0.717, 1.165) is 18.0 Å². The number of hydrogen-bond donors (Lipinski definition) is 2. The van der Waals surface area contributed by atoms with Crippen LogP contribution in [0.1, 0.15) is 57.1 Å². The molecule has 0 amide bonds. The highest BCUT2D eigenvalue weighted by Crippen LogP contribution is 2.25. The Morgan fingerprint density at radius 2 is 1.80 bits per heavy atom. The number of nitrogens with two attached hydrogens (primary N) is 1. The van der Waals surface area contributed by atoms with Crippen LogP contribution >= 0.6 is 0 Å². The summed E-state index contributed by atoms with van der Waals surface area (Å²) >= 11 is 0. The molecule has 3 heteroatoms. The predicted molar refractivity (Wildman–Crippen MR) is 78.8 cm³/mol. The van der Waals surface area contributed by atoms with E-state index in [1.165, 1.54) is 38.5 Å². The minimum Gasteiger partial charge on any atom is -1.00 e. The minimum absolute atomic E-state index is 0. The topological polar surface area (TPSA) is 36.8 Å². The molecule has 2 unspecified atom stereocenters. The molecule has 3 N–H and O–H groups in total. The van der Waals surface area contributed by atoms with Crippen molar-refractivity contribution < 1.29 is 22.8 Å². The fourth-order valence-corrected chi connectivity index (χ4v) is 3.15. The van der Waals surface area contributed by atoms with Gasteiger partial charge in [0, 0.05) is 0 Å². The van der Waals surface area contributed by atoms with Crippen LogP contribution in [0.5, 0.6) is 0 Å². The van der Waals surface area contributed by atoms with E-state index in [1.54, 1.807) is 0 Å². The monoisotopic (exact) mass is 297 g/mol. The van der Waals surface area contributed by atoms with Crippen molar-refractivity contribution in [3.63, 3.8) is 0 Å². The molecule has 0 heterocycles. The van der Waals surface area contributed by atoms with E-state index in [9.17, 15) is 5.11 Å². The molecule has 0 radical (unpaired) electrons. The molecule has 0 saturated heterocycles. The molecule has 1 fully saturated rings. The Labute approximate surface area is 129 Å². The van der Waals surface area contributed by atoms with Gasteiger partial charge in [0.2, 0.25) is 0 Å². The van der Waals surface area contributed by atoms with Crippen LogP contribution in [0.15, 0.2) is 30.3 Å². The van der Waals surface area contributed by atoms with Gasteiger partial charge in [-0.3, -0.25) is 0 Å². The number of rotatable bonds is 6. The normalized spacial score (nSPS) is 19.1. The summed E-state index contributed by atoms with van der Waals surface area (Å²) in [6.07, 6.45) is 8.08. The van der Waals surface area contributed by atoms with Crippen molar-refractivity contribution in [2.24, 2.45) is 5.92 Å². The molecule has 0 aromatic heterocycles. The zero-order valence-electron chi connectivity index (χ0n) is 12.5. The largest absolute Gasteiger partial charge is 1.00 e. The second-order valence-electron chi connectivity index (χ2n) is 6.03. The maximum absolute atomic E-state index is 10.3. The second-order valence-corrected chi connectivity index (χ2v) is 6.03. The molecular weight excluding hydrogens is 270 g/mol. The summed E-state index contributed by atoms with van der Waals surface area (Å²) in [5, 5.41) is 12.6. The lowest BCUT2D eigenvalue weighted by Gasteiger charge is -2.22. The van der Waals surface area contributed by atoms with Gasteiger partial charge >= 0.3 is 0 Å². The van der Waals surface area contributed by atoms with Gasteiger partial charge in [0.1, 0.15) is 12.1 Å². The van der Waals surface area contributed by atoms with Crippen molar-refractivity contribution in [3.05, 3.63) is 35.9 Å². The van der Waals surface area contributed by atoms with Crippen LogP contribution in [0.2, 0.25) is 0 Å². The van der Waals surface area contributed by atoms with Crippen LogP contribution in [0.25, 0.3) is 0 Å². The zero-order chi connectivity index (χ0) is 13.5. The first kappa shape index (κ1) is 17.5. The highest BCUT2D eigenvalue weighted by molar-refractivity contribution is 5.17. The third-order valence-electron chi connectivity index (χ3n) is 4.48. The highest BCUT2D eigenvalue weighted by Gasteiger charge is 2.20. The van der Waals surface area contributed by atoms with E-state index in [1.807, 2.05) is 30.3 Å². The lowest BCUT2D eigenvalue weighted by Crippen LogP contribution is -3.00. The van der Waals surface area contributed by atoms with Crippen LogP contribution in [-0.4, -0.2) is 17.7 Å². The Balaban J connectivity index is 0.00000200. The number of aliphatic hydroxyl groups excluding tert-OH is 1. The molecule has 2 nitrogen and oxygen atoms in total. The molecule has 20 heavy (non-hydrogen) atoms. The SMILES string of the molecule is CC([NH2+]CCC1CCCCC1)C(O)c1ccccc1.[Cl-].